The summed E-state index contributed by atoms with van der Waals surface area (Å²) < 4.78 is 0. The van der Waals surface area contributed by atoms with Crippen LogP contribution in [-0.2, 0) is 25.6 Å². The first-order valence-corrected chi connectivity index (χ1v) is 10.7. The maximum atomic E-state index is 12.7. The van der Waals surface area contributed by atoms with Crippen molar-refractivity contribution in [3.05, 3.63) is 35.9 Å². The summed E-state index contributed by atoms with van der Waals surface area (Å²) in [6.07, 6.45) is 0.437. The zero-order valence-electron chi connectivity index (χ0n) is 18.0. The van der Waals surface area contributed by atoms with E-state index in [0.29, 0.717) is 6.42 Å². The predicted octanol–water partition coefficient (Wildman–Crippen LogP) is 0.0912. The highest BCUT2D eigenvalue weighted by molar-refractivity contribution is 7.80. The summed E-state index contributed by atoms with van der Waals surface area (Å²) in [5.41, 5.74) is 6.31. The van der Waals surface area contributed by atoms with E-state index in [1.807, 2.05) is 19.9 Å². The molecule has 4 atom stereocenters. The molecule has 1 aromatic rings. The van der Waals surface area contributed by atoms with Gasteiger partial charge >= 0.3 is 5.97 Å². The van der Waals surface area contributed by atoms with E-state index in [1.54, 1.807) is 24.3 Å². The smallest absolute Gasteiger partial charge is 0.326 e. The molecule has 0 radical (unpaired) electrons. The van der Waals surface area contributed by atoms with Gasteiger partial charge in [0, 0.05) is 12.2 Å². The number of carbonyl (C=O) groups is 4. The van der Waals surface area contributed by atoms with Crippen LogP contribution in [0.1, 0.15) is 32.8 Å². The minimum absolute atomic E-state index is 0.0507. The number of thiol groups is 1. The van der Waals surface area contributed by atoms with Crippen molar-refractivity contribution >= 4 is 36.3 Å². The highest BCUT2D eigenvalue weighted by atomic mass is 32.1. The molecule has 1 aromatic carbocycles. The summed E-state index contributed by atoms with van der Waals surface area (Å²) in [5, 5.41) is 17.1. The van der Waals surface area contributed by atoms with Crippen LogP contribution in [0.4, 0.5) is 0 Å². The first kappa shape index (κ1) is 26.4. The molecule has 0 bridgehead atoms. The number of carboxylic acid groups (broad SMARTS) is 1. The Morgan fingerprint density at radius 2 is 1.42 bits per heavy atom. The number of aliphatic carboxylic acids is 1. The second-order valence-electron chi connectivity index (χ2n) is 7.81. The molecule has 31 heavy (non-hydrogen) atoms. The normalized spacial score (nSPS) is 14.8. The third kappa shape index (κ3) is 9.39. The van der Waals surface area contributed by atoms with Crippen LogP contribution in [0.15, 0.2) is 30.3 Å². The van der Waals surface area contributed by atoms with Gasteiger partial charge in [0.15, 0.2) is 0 Å². The van der Waals surface area contributed by atoms with Crippen LogP contribution in [0, 0.1) is 5.92 Å². The molecular weight excluding hydrogens is 420 g/mol. The molecule has 1 rings (SSSR count). The predicted molar refractivity (Wildman–Crippen MR) is 121 cm³/mol. The van der Waals surface area contributed by atoms with Gasteiger partial charge in [-0.1, -0.05) is 44.2 Å². The second kappa shape index (κ2) is 13.0. The number of rotatable bonds is 12. The van der Waals surface area contributed by atoms with Crippen LogP contribution in [-0.4, -0.2) is 58.7 Å². The summed E-state index contributed by atoms with van der Waals surface area (Å²) in [7, 11) is 0. The zero-order chi connectivity index (χ0) is 23.6. The van der Waals surface area contributed by atoms with Gasteiger partial charge in [-0.25, -0.2) is 4.79 Å². The van der Waals surface area contributed by atoms with Crippen molar-refractivity contribution in [2.45, 2.75) is 57.8 Å². The Kier molecular flexibility index (Phi) is 11.1. The van der Waals surface area contributed by atoms with E-state index >= 15 is 0 Å². The number of amides is 3. The highest BCUT2D eigenvalue weighted by Gasteiger charge is 2.29. The summed E-state index contributed by atoms with van der Waals surface area (Å²) >= 11 is 4.11. The quantitative estimate of drug-likeness (QED) is 0.247. The Labute approximate surface area is 187 Å². The lowest BCUT2D eigenvalue weighted by Gasteiger charge is -2.25. The lowest BCUT2D eigenvalue weighted by molar-refractivity contribution is -0.142. The monoisotopic (exact) mass is 452 g/mol. The molecule has 0 heterocycles. The van der Waals surface area contributed by atoms with Gasteiger partial charge in [0.1, 0.15) is 18.1 Å². The lowest BCUT2D eigenvalue weighted by Crippen LogP contribution is -2.57. The van der Waals surface area contributed by atoms with Gasteiger partial charge in [-0.3, -0.25) is 14.4 Å². The minimum atomic E-state index is -1.19. The summed E-state index contributed by atoms with van der Waals surface area (Å²) in [4.78, 5) is 48.9. The average Bonchev–Trinajstić information content (AvgIpc) is 2.70. The molecule has 9 nitrogen and oxygen atoms in total. The second-order valence-corrected chi connectivity index (χ2v) is 8.18. The molecule has 0 spiro atoms. The largest absolute Gasteiger partial charge is 0.480 e. The van der Waals surface area contributed by atoms with Gasteiger partial charge in [-0.15, -0.1) is 0 Å². The highest BCUT2D eigenvalue weighted by Crippen LogP contribution is 2.07. The Morgan fingerprint density at radius 3 is 1.90 bits per heavy atom. The maximum Gasteiger partial charge on any atom is 0.326 e. The van der Waals surface area contributed by atoms with Crippen molar-refractivity contribution in [3.63, 3.8) is 0 Å². The van der Waals surface area contributed by atoms with E-state index in [2.05, 4.69) is 28.6 Å². The van der Waals surface area contributed by atoms with Gasteiger partial charge < -0.3 is 26.8 Å². The molecule has 0 aromatic heterocycles. The number of benzene rings is 1. The zero-order valence-corrected chi connectivity index (χ0v) is 18.9. The van der Waals surface area contributed by atoms with Crippen LogP contribution in [0.3, 0.4) is 0 Å². The van der Waals surface area contributed by atoms with E-state index in [-0.39, 0.29) is 18.1 Å². The molecule has 6 N–H and O–H groups in total. The van der Waals surface area contributed by atoms with Gasteiger partial charge in [-0.2, -0.15) is 12.6 Å². The first-order chi connectivity index (χ1) is 14.5. The summed E-state index contributed by atoms with van der Waals surface area (Å²) in [6, 6.07) is 4.97. The topological polar surface area (TPSA) is 151 Å². The van der Waals surface area contributed by atoms with Crippen LogP contribution in [0.2, 0.25) is 0 Å². The third-order valence-corrected chi connectivity index (χ3v) is 4.83. The Bertz CT molecular complexity index is 757. The maximum absolute atomic E-state index is 12.7. The van der Waals surface area contributed by atoms with Gasteiger partial charge in [0.05, 0.1) is 6.04 Å². The molecule has 4 unspecified atom stereocenters. The number of carbonyl (C=O) groups excluding carboxylic acids is 3. The van der Waals surface area contributed by atoms with Crippen molar-refractivity contribution in [2.24, 2.45) is 11.7 Å². The molecule has 0 saturated heterocycles. The Morgan fingerprint density at radius 1 is 0.903 bits per heavy atom. The fourth-order valence-corrected chi connectivity index (χ4v) is 3.05. The number of carboxylic acids is 1. The van der Waals surface area contributed by atoms with Gasteiger partial charge in [0.25, 0.3) is 0 Å². The first-order valence-electron chi connectivity index (χ1n) is 10.1. The minimum Gasteiger partial charge on any atom is -0.480 e. The van der Waals surface area contributed by atoms with E-state index < -0.39 is 47.9 Å². The molecule has 3 amide bonds. The fraction of sp³-hybridized carbons (Fsp3) is 0.524. The molecule has 172 valence electrons. The standard InChI is InChI=1S/C21H32N4O5S/c1-12(2)9-15(23-18(26)13(3)22)19(27)25-17(11-31)20(28)24-16(21(29)30)10-14-7-5-4-6-8-14/h4-8,12-13,15-17,31H,9-11,22H2,1-3H3,(H,23,26)(H,24,28)(H,25,27)(H,29,30). The number of nitrogens with one attached hydrogen (secondary N) is 3. The van der Waals surface area contributed by atoms with Crippen molar-refractivity contribution in [1.29, 1.82) is 0 Å². The molecule has 0 fully saturated rings. The van der Waals surface area contributed by atoms with Crippen molar-refractivity contribution in [1.82, 2.24) is 16.0 Å². The molecule has 0 aliphatic rings. The molecule has 0 aliphatic carbocycles. The summed E-state index contributed by atoms with van der Waals surface area (Å²) in [5.74, 6) is -2.87. The third-order valence-electron chi connectivity index (χ3n) is 4.47. The van der Waals surface area contributed by atoms with Crippen molar-refractivity contribution in [3.8, 4) is 0 Å². The van der Waals surface area contributed by atoms with Gasteiger partial charge in [0.2, 0.25) is 17.7 Å². The molecule has 10 heteroatoms. The molecule has 0 aliphatic heterocycles. The average molecular weight is 453 g/mol. The van der Waals surface area contributed by atoms with E-state index in [0.717, 1.165) is 5.56 Å². The van der Waals surface area contributed by atoms with Gasteiger partial charge in [-0.05, 0) is 24.8 Å². The van der Waals surface area contributed by atoms with Crippen molar-refractivity contribution in [2.75, 3.05) is 5.75 Å². The van der Waals surface area contributed by atoms with Crippen LogP contribution >= 0.6 is 12.6 Å². The number of nitrogens with two attached hydrogens (primary N) is 1. The Hall–Kier alpha value is -2.59. The molecule has 0 saturated carbocycles. The lowest BCUT2D eigenvalue weighted by atomic mass is 10.0. The SMILES string of the molecule is CC(C)CC(NC(=O)C(C)N)C(=O)NC(CS)C(=O)NC(Cc1ccccc1)C(=O)O. The van der Waals surface area contributed by atoms with E-state index in [1.165, 1.54) is 6.92 Å². The van der Waals surface area contributed by atoms with Crippen LogP contribution in [0.25, 0.3) is 0 Å². The summed E-state index contributed by atoms with van der Waals surface area (Å²) in [6.45, 7) is 5.28. The van der Waals surface area contributed by atoms with Crippen LogP contribution < -0.4 is 21.7 Å². The Balaban J connectivity index is 2.84. The molecular formula is C21H32N4O5S. The van der Waals surface area contributed by atoms with E-state index in [4.69, 9.17) is 5.73 Å². The van der Waals surface area contributed by atoms with Crippen LogP contribution in [0.5, 0.6) is 0 Å². The number of hydrogen-bond acceptors (Lipinski definition) is 6. The fourth-order valence-electron chi connectivity index (χ4n) is 2.79. The van der Waals surface area contributed by atoms with E-state index in [9.17, 15) is 24.3 Å². The number of hydrogen-bond donors (Lipinski definition) is 6. The van der Waals surface area contributed by atoms with Crippen molar-refractivity contribution < 1.29 is 24.3 Å².